The molecule has 0 aromatic heterocycles. The zero-order valence-corrected chi connectivity index (χ0v) is 10.6. The second kappa shape index (κ2) is 3.85. The van der Waals surface area contributed by atoms with Gasteiger partial charge in [-0.25, -0.2) is 0 Å². The highest BCUT2D eigenvalue weighted by Gasteiger charge is 2.57. The molecule has 3 rings (SSSR count). The smallest absolute Gasteiger partial charge is 0.139 e. The highest BCUT2D eigenvalue weighted by Crippen LogP contribution is 2.59. The van der Waals surface area contributed by atoms with E-state index in [1.807, 2.05) is 0 Å². The second-order valence-electron chi connectivity index (χ2n) is 6.65. The van der Waals surface area contributed by atoms with Crippen LogP contribution in [0.2, 0.25) is 0 Å². The number of carbonyl (C=O) groups excluding carboxylic acids is 1. The van der Waals surface area contributed by atoms with Crippen LogP contribution in [0.3, 0.4) is 0 Å². The van der Waals surface area contributed by atoms with E-state index >= 15 is 0 Å². The summed E-state index contributed by atoms with van der Waals surface area (Å²) in [5, 5.41) is 0. The van der Waals surface area contributed by atoms with Gasteiger partial charge in [0.15, 0.2) is 0 Å². The van der Waals surface area contributed by atoms with E-state index in [1.165, 1.54) is 38.5 Å². The van der Waals surface area contributed by atoms with E-state index in [9.17, 15) is 4.79 Å². The molecule has 0 spiro atoms. The summed E-state index contributed by atoms with van der Waals surface area (Å²) in [6, 6.07) is 0. The van der Waals surface area contributed by atoms with Crippen LogP contribution in [0, 0.1) is 35.5 Å². The Morgan fingerprint density at radius 3 is 2.25 bits per heavy atom. The van der Waals surface area contributed by atoms with Gasteiger partial charge in [0.2, 0.25) is 0 Å². The number of hydrogen-bond donors (Lipinski definition) is 0. The molecule has 3 aliphatic carbocycles. The lowest BCUT2D eigenvalue weighted by atomic mass is 9.73. The fourth-order valence-corrected chi connectivity index (χ4v) is 4.32. The minimum absolute atomic E-state index is 0.432. The van der Waals surface area contributed by atoms with Gasteiger partial charge in [-0.05, 0) is 55.8 Å². The first-order chi connectivity index (χ1) is 7.68. The van der Waals surface area contributed by atoms with Crippen molar-refractivity contribution in [3.8, 4) is 0 Å². The van der Waals surface area contributed by atoms with Crippen molar-refractivity contribution in [2.24, 2.45) is 35.5 Å². The highest BCUT2D eigenvalue weighted by molar-refractivity contribution is 5.86. The number of carbonyl (C=O) groups is 1. The van der Waals surface area contributed by atoms with Gasteiger partial charge in [-0.2, -0.15) is 0 Å². The summed E-state index contributed by atoms with van der Waals surface area (Å²) >= 11 is 0. The molecular formula is C15H24O. The van der Waals surface area contributed by atoms with E-state index < -0.39 is 0 Å². The Balaban J connectivity index is 1.60. The van der Waals surface area contributed by atoms with Gasteiger partial charge in [-0.1, -0.05) is 20.3 Å². The third-order valence-electron chi connectivity index (χ3n) is 5.74. The van der Waals surface area contributed by atoms with Gasteiger partial charge in [0.25, 0.3) is 0 Å². The third-order valence-corrected chi connectivity index (χ3v) is 5.74. The Morgan fingerprint density at radius 2 is 1.62 bits per heavy atom. The Labute approximate surface area is 99.0 Å². The van der Waals surface area contributed by atoms with Crippen molar-refractivity contribution in [2.45, 2.75) is 52.4 Å². The molecule has 0 aliphatic heterocycles. The zero-order valence-electron chi connectivity index (χ0n) is 10.6. The largest absolute Gasteiger partial charge is 0.299 e. The van der Waals surface area contributed by atoms with E-state index in [1.54, 1.807) is 0 Å². The van der Waals surface area contributed by atoms with Crippen molar-refractivity contribution in [3.05, 3.63) is 0 Å². The van der Waals surface area contributed by atoms with E-state index in [-0.39, 0.29) is 0 Å². The zero-order chi connectivity index (χ0) is 11.3. The van der Waals surface area contributed by atoms with Crippen molar-refractivity contribution in [3.63, 3.8) is 0 Å². The molecule has 5 unspecified atom stereocenters. The normalized spacial score (nSPS) is 51.1. The molecule has 0 amide bonds. The number of Topliss-reactive ketones (excluding diaryl/α,β-unsaturated/α-hetero) is 1. The van der Waals surface area contributed by atoms with Crippen LogP contribution >= 0.6 is 0 Å². The highest BCUT2D eigenvalue weighted by atomic mass is 16.1. The first-order valence-corrected chi connectivity index (χ1v) is 7.22. The molecule has 1 heteroatoms. The fourth-order valence-electron chi connectivity index (χ4n) is 4.32. The summed E-state index contributed by atoms with van der Waals surface area (Å²) in [5.41, 5.74) is 0. The number of hydrogen-bond acceptors (Lipinski definition) is 1. The van der Waals surface area contributed by atoms with Gasteiger partial charge >= 0.3 is 0 Å². The average molecular weight is 220 g/mol. The van der Waals surface area contributed by atoms with Gasteiger partial charge in [0, 0.05) is 11.8 Å². The van der Waals surface area contributed by atoms with Crippen LogP contribution < -0.4 is 0 Å². The van der Waals surface area contributed by atoms with E-state index in [2.05, 4.69) is 13.8 Å². The van der Waals surface area contributed by atoms with Gasteiger partial charge in [0.1, 0.15) is 5.78 Å². The minimum Gasteiger partial charge on any atom is -0.299 e. The summed E-state index contributed by atoms with van der Waals surface area (Å²) in [4.78, 5) is 12.4. The lowest BCUT2D eigenvalue weighted by molar-refractivity contribution is -0.126. The van der Waals surface area contributed by atoms with Crippen molar-refractivity contribution in [1.29, 1.82) is 0 Å². The molecule has 5 atom stereocenters. The van der Waals surface area contributed by atoms with Crippen molar-refractivity contribution in [1.82, 2.24) is 0 Å². The Bertz CT molecular complexity index is 286. The summed E-state index contributed by atoms with van der Waals surface area (Å²) in [7, 11) is 0. The molecule has 16 heavy (non-hydrogen) atoms. The maximum atomic E-state index is 12.4. The van der Waals surface area contributed by atoms with E-state index in [0.717, 1.165) is 23.7 Å². The lowest BCUT2D eigenvalue weighted by Gasteiger charge is -2.31. The molecule has 90 valence electrons. The maximum Gasteiger partial charge on any atom is 0.139 e. The van der Waals surface area contributed by atoms with Crippen LogP contribution in [-0.4, -0.2) is 5.78 Å². The second-order valence-corrected chi connectivity index (χ2v) is 6.65. The summed E-state index contributed by atoms with van der Waals surface area (Å²) < 4.78 is 0. The van der Waals surface area contributed by atoms with Gasteiger partial charge in [-0.15, -0.1) is 0 Å². The van der Waals surface area contributed by atoms with Crippen LogP contribution in [0.25, 0.3) is 0 Å². The van der Waals surface area contributed by atoms with Crippen LogP contribution in [0.5, 0.6) is 0 Å². The topological polar surface area (TPSA) is 17.1 Å². The average Bonchev–Trinajstić information content (AvgIpc) is 2.74. The van der Waals surface area contributed by atoms with Crippen LogP contribution in [-0.2, 0) is 4.79 Å². The maximum absolute atomic E-state index is 12.4. The first kappa shape index (κ1) is 10.8. The third kappa shape index (κ3) is 1.63. The summed E-state index contributed by atoms with van der Waals surface area (Å²) in [6.07, 6.45) is 7.71. The predicted octanol–water partition coefficient (Wildman–Crippen LogP) is 3.67. The Hall–Kier alpha value is -0.330. The van der Waals surface area contributed by atoms with Crippen LogP contribution in [0.1, 0.15) is 52.4 Å². The minimum atomic E-state index is 0.432. The molecule has 0 N–H and O–H groups in total. The Kier molecular flexibility index (Phi) is 2.60. The molecule has 0 bridgehead atoms. The van der Waals surface area contributed by atoms with Gasteiger partial charge < -0.3 is 0 Å². The number of rotatable bonds is 2. The van der Waals surface area contributed by atoms with Crippen molar-refractivity contribution in [2.75, 3.05) is 0 Å². The predicted molar refractivity (Wildman–Crippen MR) is 65.0 cm³/mol. The monoisotopic (exact) mass is 220 g/mol. The molecule has 0 heterocycles. The standard InChI is InChI=1S/C15H24O/c1-9-6-7-11(8-10(9)2)15(16)14-12-4-3-5-13(12)14/h9-14H,3-8H2,1-2H3. The molecule has 3 aliphatic rings. The van der Waals surface area contributed by atoms with Gasteiger partial charge in [-0.3, -0.25) is 4.79 Å². The molecule has 0 aromatic rings. The quantitative estimate of drug-likeness (QED) is 0.694. The molecule has 3 saturated carbocycles. The van der Waals surface area contributed by atoms with E-state index in [0.29, 0.717) is 17.6 Å². The molecule has 0 radical (unpaired) electrons. The number of fused-ring (bicyclic) bond motifs is 1. The molecule has 3 fully saturated rings. The van der Waals surface area contributed by atoms with Gasteiger partial charge in [0.05, 0.1) is 0 Å². The summed E-state index contributed by atoms with van der Waals surface area (Å²) in [6.45, 7) is 4.68. The van der Waals surface area contributed by atoms with Crippen LogP contribution in [0.15, 0.2) is 0 Å². The molecule has 0 aromatic carbocycles. The molecular weight excluding hydrogens is 196 g/mol. The lowest BCUT2D eigenvalue weighted by Crippen LogP contribution is -2.28. The fraction of sp³-hybridized carbons (Fsp3) is 0.933. The van der Waals surface area contributed by atoms with Crippen molar-refractivity contribution >= 4 is 5.78 Å². The van der Waals surface area contributed by atoms with Crippen LogP contribution in [0.4, 0.5) is 0 Å². The Morgan fingerprint density at radius 1 is 0.938 bits per heavy atom. The van der Waals surface area contributed by atoms with E-state index in [4.69, 9.17) is 0 Å². The SMILES string of the molecule is CC1CCC(C(=O)C2C3CCCC32)CC1C. The molecule has 1 nitrogen and oxygen atoms in total. The van der Waals surface area contributed by atoms with Crippen molar-refractivity contribution < 1.29 is 4.79 Å². The summed E-state index contributed by atoms with van der Waals surface area (Å²) in [5.74, 6) is 4.85. The number of ketones is 1. The first-order valence-electron chi connectivity index (χ1n) is 7.22. The molecule has 0 saturated heterocycles.